The second-order valence-electron chi connectivity index (χ2n) is 6.16. The molecule has 1 aliphatic rings. The highest BCUT2D eigenvalue weighted by Gasteiger charge is 2.17. The van der Waals surface area contributed by atoms with Crippen LogP contribution in [0.25, 0.3) is 0 Å². The summed E-state index contributed by atoms with van der Waals surface area (Å²) >= 11 is 0. The van der Waals surface area contributed by atoms with Gasteiger partial charge in [-0.25, -0.2) is 4.98 Å². The van der Waals surface area contributed by atoms with Gasteiger partial charge in [-0.05, 0) is 19.3 Å². The maximum atomic E-state index is 12.2. The van der Waals surface area contributed by atoms with Crippen molar-refractivity contribution in [3.63, 3.8) is 0 Å². The number of imidazole rings is 1. The first kappa shape index (κ1) is 14.8. The van der Waals surface area contributed by atoms with Crippen LogP contribution in [-0.4, -0.2) is 25.7 Å². The molecule has 1 amide bonds. The molecule has 3 rings (SSSR count). The molecule has 118 valence electrons. The van der Waals surface area contributed by atoms with Gasteiger partial charge in [0.15, 0.2) is 5.82 Å². The Labute approximate surface area is 130 Å². The van der Waals surface area contributed by atoms with E-state index in [1.54, 1.807) is 23.3 Å². The van der Waals surface area contributed by atoms with E-state index in [-0.39, 0.29) is 11.9 Å². The minimum Gasteiger partial charge on any atom is -0.325 e. The molecule has 0 unspecified atom stereocenters. The maximum absolute atomic E-state index is 12.2. The number of aromatic nitrogens is 4. The number of hydrogen-bond donors (Lipinski definition) is 2. The van der Waals surface area contributed by atoms with Gasteiger partial charge >= 0.3 is 0 Å². The first-order valence-corrected chi connectivity index (χ1v) is 8.05. The predicted octanol–water partition coefficient (Wildman–Crippen LogP) is 2.93. The quantitative estimate of drug-likeness (QED) is 0.891. The number of aromatic amines is 1. The monoisotopic (exact) mass is 301 g/mol. The Balaban J connectivity index is 1.55. The van der Waals surface area contributed by atoms with Crippen molar-refractivity contribution in [2.75, 3.05) is 5.32 Å². The van der Waals surface area contributed by atoms with Crippen molar-refractivity contribution in [2.24, 2.45) is 5.92 Å². The molecule has 22 heavy (non-hydrogen) atoms. The average molecular weight is 301 g/mol. The number of rotatable bonds is 5. The zero-order valence-electron chi connectivity index (χ0n) is 13.0. The van der Waals surface area contributed by atoms with E-state index in [0.717, 1.165) is 18.0 Å². The smallest absolute Gasteiger partial charge is 0.248 e. The molecular weight excluding hydrogens is 278 g/mol. The number of anilines is 1. The molecule has 0 aliphatic heterocycles. The molecule has 0 bridgehead atoms. The van der Waals surface area contributed by atoms with Crippen LogP contribution in [0.3, 0.4) is 0 Å². The minimum atomic E-state index is -0.305. The number of carbonyl (C=O) groups is 1. The molecule has 6 nitrogen and oxygen atoms in total. The van der Waals surface area contributed by atoms with E-state index in [0.29, 0.717) is 5.82 Å². The number of nitrogens with zero attached hydrogens (tertiary/aromatic N) is 3. The van der Waals surface area contributed by atoms with Gasteiger partial charge in [-0.1, -0.05) is 32.1 Å². The molecule has 2 aromatic heterocycles. The third-order valence-electron chi connectivity index (χ3n) is 4.47. The van der Waals surface area contributed by atoms with Gasteiger partial charge in [0, 0.05) is 24.2 Å². The van der Waals surface area contributed by atoms with Crippen molar-refractivity contribution in [1.82, 2.24) is 19.7 Å². The fraction of sp³-hybridized carbons (Fsp3) is 0.562. The molecule has 2 N–H and O–H groups in total. The van der Waals surface area contributed by atoms with Crippen molar-refractivity contribution in [3.8, 4) is 0 Å². The van der Waals surface area contributed by atoms with Crippen molar-refractivity contribution < 1.29 is 4.79 Å². The number of amides is 1. The van der Waals surface area contributed by atoms with Crippen LogP contribution in [-0.2, 0) is 11.2 Å². The number of carbonyl (C=O) groups excluding carboxylic acids is 1. The van der Waals surface area contributed by atoms with E-state index in [2.05, 4.69) is 20.5 Å². The van der Waals surface area contributed by atoms with E-state index in [4.69, 9.17) is 0 Å². The fourth-order valence-corrected chi connectivity index (χ4v) is 3.10. The second-order valence-corrected chi connectivity index (χ2v) is 6.16. The lowest BCUT2D eigenvalue weighted by Crippen LogP contribution is -2.23. The Morgan fingerprint density at radius 1 is 1.45 bits per heavy atom. The van der Waals surface area contributed by atoms with E-state index in [1.165, 1.54) is 32.1 Å². The van der Waals surface area contributed by atoms with E-state index in [1.807, 2.05) is 13.0 Å². The highest BCUT2D eigenvalue weighted by Crippen LogP contribution is 2.26. The highest BCUT2D eigenvalue weighted by molar-refractivity contribution is 5.92. The molecule has 0 radical (unpaired) electrons. The summed E-state index contributed by atoms with van der Waals surface area (Å²) in [7, 11) is 0. The Morgan fingerprint density at radius 3 is 3.00 bits per heavy atom. The van der Waals surface area contributed by atoms with Gasteiger partial charge in [-0.15, -0.1) is 0 Å². The number of H-pyrrole nitrogens is 1. The van der Waals surface area contributed by atoms with Crippen molar-refractivity contribution in [1.29, 1.82) is 0 Å². The average Bonchev–Trinajstić information content (AvgIpc) is 3.19. The second kappa shape index (κ2) is 6.77. The predicted molar refractivity (Wildman–Crippen MR) is 84.4 cm³/mol. The van der Waals surface area contributed by atoms with Gasteiger partial charge < -0.3 is 9.88 Å². The summed E-state index contributed by atoms with van der Waals surface area (Å²) in [5.74, 6) is 1.26. The van der Waals surface area contributed by atoms with Gasteiger partial charge in [0.1, 0.15) is 6.04 Å². The van der Waals surface area contributed by atoms with Crippen LogP contribution >= 0.6 is 0 Å². The molecule has 1 aliphatic carbocycles. The lowest BCUT2D eigenvalue weighted by Gasteiger charge is -2.20. The first-order chi connectivity index (χ1) is 10.7. The third kappa shape index (κ3) is 3.55. The number of hydrogen-bond acceptors (Lipinski definition) is 3. The first-order valence-electron chi connectivity index (χ1n) is 8.05. The van der Waals surface area contributed by atoms with Gasteiger partial charge in [0.2, 0.25) is 5.91 Å². The molecule has 1 fully saturated rings. The van der Waals surface area contributed by atoms with Crippen LogP contribution in [0.2, 0.25) is 0 Å². The topological polar surface area (TPSA) is 75.6 Å². The van der Waals surface area contributed by atoms with Gasteiger partial charge in [-0.3, -0.25) is 9.89 Å². The van der Waals surface area contributed by atoms with Crippen LogP contribution in [0.5, 0.6) is 0 Å². The van der Waals surface area contributed by atoms with Gasteiger partial charge in [0.25, 0.3) is 0 Å². The van der Waals surface area contributed by atoms with E-state index >= 15 is 0 Å². The van der Waals surface area contributed by atoms with Gasteiger partial charge in [-0.2, -0.15) is 5.10 Å². The molecular formula is C16H23N5O. The molecule has 2 aromatic rings. The molecule has 2 heterocycles. The summed E-state index contributed by atoms with van der Waals surface area (Å²) < 4.78 is 1.77. The summed E-state index contributed by atoms with van der Waals surface area (Å²) in [6, 6.07) is 1.65. The van der Waals surface area contributed by atoms with Crippen molar-refractivity contribution in [2.45, 2.75) is 51.5 Å². The lowest BCUT2D eigenvalue weighted by atomic mass is 9.86. The van der Waals surface area contributed by atoms with Crippen LogP contribution in [0.15, 0.2) is 24.8 Å². The summed E-state index contributed by atoms with van der Waals surface area (Å²) in [5, 5.41) is 10.1. The molecule has 0 saturated heterocycles. The van der Waals surface area contributed by atoms with Crippen molar-refractivity contribution in [3.05, 3.63) is 30.5 Å². The van der Waals surface area contributed by atoms with Crippen LogP contribution in [0.4, 0.5) is 5.82 Å². The SMILES string of the molecule is C[C@H](C(=O)Nc1cc(CC2CCCCC2)[nH]n1)n1ccnc1. The molecule has 0 aromatic carbocycles. The zero-order valence-corrected chi connectivity index (χ0v) is 13.0. The highest BCUT2D eigenvalue weighted by atomic mass is 16.2. The Bertz CT molecular complexity index is 598. The summed E-state index contributed by atoms with van der Waals surface area (Å²) in [6.45, 7) is 1.84. The molecule has 1 saturated carbocycles. The Hall–Kier alpha value is -2.11. The lowest BCUT2D eigenvalue weighted by molar-refractivity contribution is -0.118. The number of nitrogens with one attached hydrogen (secondary N) is 2. The summed E-state index contributed by atoms with van der Waals surface area (Å²) in [6.07, 6.45) is 12.8. The molecule has 1 atom stereocenters. The molecule has 0 spiro atoms. The Kier molecular flexibility index (Phi) is 4.56. The van der Waals surface area contributed by atoms with Gasteiger partial charge in [0.05, 0.1) is 6.33 Å². The summed E-state index contributed by atoms with van der Waals surface area (Å²) in [4.78, 5) is 16.2. The standard InChI is InChI=1S/C16H23N5O/c1-12(21-8-7-17-11-21)16(22)18-15-10-14(19-20-15)9-13-5-3-2-4-6-13/h7-8,10-13H,2-6,9H2,1H3,(H2,18,19,20,22)/t12-/m1/s1. The summed E-state index contributed by atoms with van der Waals surface area (Å²) in [5.41, 5.74) is 1.11. The van der Waals surface area contributed by atoms with E-state index < -0.39 is 0 Å². The molecule has 6 heteroatoms. The van der Waals surface area contributed by atoms with E-state index in [9.17, 15) is 4.79 Å². The fourth-order valence-electron chi connectivity index (χ4n) is 3.10. The Morgan fingerprint density at radius 2 is 2.27 bits per heavy atom. The largest absolute Gasteiger partial charge is 0.325 e. The normalized spacial score (nSPS) is 17.3. The van der Waals surface area contributed by atoms with Crippen LogP contribution < -0.4 is 5.32 Å². The third-order valence-corrected chi connectivity index (χ3v) is 4.47. The maximum Gasteiger partial charge on any atom is 0.248 e. The zero-order chi connectivity index (χ0) is 15.4. The van der Waals surface area contributed by atoms with Crippen LogP contribution in [0, 0.1) is 5.92 Å². The van der Waals surface area contributed by atoms with Crippen LogP contribution in [0.1, 0.15) is 50.8 Å². The minimum absolute atomic E-state index is 0.0892. The van der Waals surface area contributed by atoms with Crippen molar-refractivity contribution >= 4 is 11.7 Å².